The molecule has 1 aliphatic heterocycles. The molecule has 1 amide bonds. The molecule has 3 nitrogen and oxygen atoms in total. The maximum Gasteiger partial charge on any atom is 0.262 e. The fourth-order valence-electron chi connectivity index (χ4n) is 2.01. The molecule has 2 N–H and O–H groups in total. The predicted octanol–water partition coefficient (Wildman–Crippen LogP) is 3.72. The Kier molecular flexibility index (Phi) is 2.95. The van der Waals surface area contributed by atoms with Gasteiger partial charge in [-0.1, -0.05) is 23.9 Å². The van der Waals surface area contributed by atoms with Crippen molar-refractivity contribution in [1.82, 2.24) is 4.98 Å². The maximum atomic E-state index is 12.0. The van der Waals surface area contributed by atoms with Crippen LogP contribution in [0.1, 0.15) is 17.0 Å². The van der Waals surface area contributed by atoms with E-state index in [0.29, 0.717) is 4.91 Å². The Bertz CT molecular complexity index is 666. The van der Waals surface area contributed by atoms with Crippen LogP contribution in [0, 0.1) is 13.8 Å². The van der Waals surface area contributed by atoms with Gasteiger partial charge < -0.3 is 10.3 Å². The number of hydrogen-bond acceptors (Lipinski definition) is 2. The van der Waals surface area contributed by atoms with Gasteiger partial charge in [-0.25, -0.2) is 0 Å². The van der Waals surface area contributed by atoms with Gasteiger partial charge in [-0.15, -0.1) is 0 Å². The number of carbonyl (C=O) groups is 1. The number of aromatic nitrogens is 1. The van der Waals surface area contributed by atoms with Crippen LogP contribution in [0.3, 0.4) is 0 Å². The second-order valence-electron chi connectivity index (χ2n) is 4.59. The Morgan fingerprint density at radius 2 is 2.00 bits per heavy atom. The zero-order valence-corrected chi connectivity index (χ0v) is 11.6. The minimum atomic E-state index is -0.0476. The Morgan fingerprint density at radius 1 is 1.21 bits per heavy atom. The highest BCUT2D eigenvalue weighted by molar-refractivity contribution is 8.04. The molecule has 4 heteroatoms. The number of amides is 1. The summed E-state index contributed by atoms with van der Waals surface area (Å²) in [5, 5.41) is 2.91. The highest BCUT2D eigenvalue weighted by Crippen LogP contribution is 2.38. The van der Waals surface area contributed by atoms with Crippen LogP contribution in [-0.4, -0.2) is 10.9 Å². The summed E-state index contributed by atoms with van der Waals surface area (Å²) in [7, 11) is 0. The van der Waals surface area contributed by atoms with Crippen molar-refractivity contribution in [3.63, 3.8) is 0 Å². The summed E-state index contributed by atoms with van der Waals surface area (Å²) in [6.07, 6.45) is 1.90. The maximum absolute atomic E-state index is 12.0. The molecule has 0 fully saturated rings. The molecule has 96 valence electrons. The number of benzene rings is 1. The van der Waals surface area contributed by atoms with Gasteiger partial charge in [0.25, 0.3) is 5.91 Å². The number of hydrogen-bond donors (Lipinski definition) is 2. The van der Waals surface area contributed by atoms with Gasteiger partial charge in [0.05, 0.1) is 10.6 Å². The van der Waals surface area contributed by atoms with Gasteiger partial charge in [0, 0.05) is 16.3 Å². The molecule has 0 aliphatic carbocycles. The summed E-state index contributed by atoms with van der Waals surface area (Å²) >= 11 is 1.50. The van der Waals surface area contributed by atoms with Crippen LogP contribution in [0.25, 0.3) is 6.08 Å². The largest absolute Gasteiger partial charge is 0.359 e. The van der Waals surface area contributed by atoms with E-state index in [1.165, 1.54) is 17.3 Å². The lowest BCUT2D eigenvalue weighted by atomic mass is 10.2. The Hall–Kier alpha value is -1.94. The number of anilines is 1. The van der Waals surface area contributed by atoms with E-state index >= 15 is 0 Å². The highest BCUT2D eigenvalue weighted by atomic mass is 32.2. The van der Waals surface area contributed by atoms with Crippen LogP contribution < -0.4 is 5.32 Å². The fourth-order valence-corrected chi connectivity index (χ4v) is 2.96. The third-order valence-corrected chi connectivity index (χ3v) is 4.26. The first kappa shape index (κ1) is 12.1. The minimum absolute atomic E-state index is 0.0476. The monoisotopic (exact) mass is 270 g/mol. The van der Waals surface area contributed by atoms with E-state index in [4.69, 9.17) is 0 Å². The smallest absolute Gasteiger partial charge is 0.262 e. The predicted molar refractivity (Wildman–Crippen MR) is 79.2 cm³/mol. The van der Waals surface area contributed by atoms with Crippen LogP contribution >= 0.6 is 11.8 Å². The van der Waals surface area contributed by atoms with Crippen molar-refractivity contribution in [1.29, 1.82) is 0 Å². The summed E-state index contributed by atoms with van der Waals surface area (Å²) in [4.78, 5) is 17.1. The molecule has 3 rings (SSSR count). The molecular formula is C15H14N2OS. The lowest BCUT2D eigenvalue weighted by molar-refractivity contribution is -0.112. The molecule has 0 spiro atoms. The third-order valence-electron chi connectivity index (χ3n) is 3.16. The van der Waals surface area contributed by atoms with E-state index < -0.39 is 0 Å². The van der Waals surface area contributed by atoms with Crippen LogP contribution in [-0.2, 0) is 4.79 Å². The van der Waals surface area contributed by atoms with Gasteiger partial charge in [-0.2, -0.15) is 0 Å². The van der Waals surface area contributed by atoms with E-state index in [1.54, 1.807) is 0 Å². The normalized spacial score (nSPS) is 16.3. The number of carbonyl (C=O) groups excluding carboxylic acids is 1. The zero-order chi connectivity index (χ0) is 13.4. The molecule has 2 aromatic rings. The lowest BCUT2D eigenvalue weighted by Crippen LogP contribution is -2.17. The van der Waals surface area contributed by atoms with Gasteiger partial charge >= 0.3 is 0 Å². The van der Waals surface area contributed by atoms with Crippen molar-refractivity contribution in [3.05, 3.63) is 52.2 Å². The number of para-hydroxylation sites is 1. The quantitative estimate of drug-likeness (QED) is 0.776. The standard InChI is InChI=1S/C15H14N2OS/c1-9-7-11(16-10(9)2)8-14-15(18)17-12-5-3-4-6-13(12)19-14/h3-8,16H,1-2H3,(H,17,18). The van der Waals surface area contributed by atoms with E-state index in [9.17, 15) is 4.79 Å². The second-order valence-corrected chi connectivity index (χ2v) is 5.68. The van der Waals surface area contributed by atoms with E-state index in [-0.39, 0.29) is 5.91 Å². The molecule has 19 heavy (non-hydrogen) atoms. The first-order chi connectivity index (χ1) is 9.13. The topological polar surface area (TPSA) is 44.9 Å². The molecular weight excluding hydrogens is 256 g/mol. The van der Waals surface area contributed by atoms with Gasteiger partial charge in [0.15, 0.2) is 0 Å². The molecule has 1 aliphatic rings. The first-order valence-corrected chi connectivity index (χ1v) is 6.91. The van der Waals surface area contributed by atoms with Crippen LogP contribution in [0.15, 0.2) is 40.1 Å². The van der Waals surface area contributed by atoms with E-state index in [0.717, 1.165) is 22.0 Å². The third kappa shape index (κ3) is 2.31. The average molecular weight is 270 g/mol. The van der Waals surface area contributed by atoms with Crippen LogP contribution in [0.5, 0.6) is 0 Å². The molecule has 0 radical (unpaired) electrons. The van der Waals surface area contributed by atoms with Crippen LogP contribution in [0.4, 0.5) is 5.69 Å². The molecule has 0 atom stereocenters. The average Bonchev–Trinajstić information content (AvgIpc) is 2.69. The molecule has 0 saturated heterocycles. The number of nitrogens with one attached hydrogen (secondary N) is 2. The zero-order valence-electron chi connectivity index (χ0n) is 10.8. The van der Waals surface area contributed by atoms with Gasteiger partial charge in [-0.05, 0) is 43.7 Å². The summed E-state index contributed by atoms with van der Waals surface area (Å²) in [6, 6.07) is 9.88. The molecule has 0 bridgehead atoms. The SMILES string of the molecule is Cc1cc(C=C2Sc3ccccc3NC2=O)[nH]c1C. The summed E-state index contributed by atoms with van der Waals surface area (Å²) < 4.78 is 0. The molecule has 0 unspecified atom stereocenters. The molecule has 2 heterocycles. The number of fused-ring (bicyclic) bond motifs is 1. The molecule has 1 aromatic heterocycles. The number of rotatable bonds is 1. The summed E-state index contributed by atoms with van der Waals surface area (Å²) in [5.41, 5.74) is 4.18. The molecule has 1 aromatic carbocycles. The van der Waals surface area contributed by atoms with Crippen molar-refractivity contribution in [2.24, 2.45) is 0 Å². The Morgan fingerprint density at radius 3 is 2.74 bits per heavy atom. The Balaban J connectivity index is 1.96. The molecule has 0 saturated carbocycles. The van der Waals surface area contributed by atoms with Crippen molar-refractivity contribution in [2.45, 2.75) is 18.7 Å². The van der Waals surface area contributed by atoms with Crippen molar-refractivity contribution < 1.29 is 4.79 Å². The van der Waals surface area contributed by atoms with Crippen molar-refractivity contribution >= 4 is 29.4 Å². The van der Waals surface area contributed by atoms with Crippen LogP contribution in [0.2, 0.25) is 0 Å². The van der Waals surface area contributed by atoms with E-state index in [2.05, 4.69) is 23.3 Å². The van der Waals surface area contributed by atoms with Crippen molar-refractivity contribution in [2.75, 3.05) is 5.32 Å². The second kappa shape index (κ2) is 4.63. The summed E-state index contributed by atoms with van der Waals surface area (Å²) in [6.45, 7) is 4.08. The number of H-pyrrole nitrogens is 1. The van der Waals surface area contributed by atoms with Crippen molar-refractivity contribution in [3.8, 4) is 0 Å². The highest BCUT2D eigenvalue weighted by Gasteiger charge is 2.20. The fraction of sp³-hybridized carbons (Fsp3) is 0.133. The van der Waals surface area contributed by atoms with Gasteiger partial charge in [-0.3, -0.25) is 4.79 Å². The first-order valence-electron chi connectivity index (χ1n) is 6.09. The minimum Gasteiger partial charge on any atom is -0.359 e. The van der Waals surface area contributed by atoms with E-state index in [1.807, 2.05) is 37.3 Å². The number of thioether (sulfide) groups is 1. The summed E-state index contributed by atoms with van der Waals surface area (Å²) in [5.74, 6) is -0.0476. The number of aromatic amines is 1. The van der Waals surface area contributed by atoms with Gasteiger partial charge in [0.2, 0.25) is 0 Å². The van der Waals surface area contributed by atoms with Gasteiger partial charge in [0.1, 0.15) is 0 Å². The lowest BCUT2D eigenvalue weighted by Gasteiger charge is -2.17. The Labute approximate surface area is 116 Å². The number of aryl methyl sites for hydroxylation is 2.